The number of piperazine rings is 1. The van der Waals surface area contributed by atoms with Gasteiger partial charge in [0.2, 0.25) is 0 Å². The van der Waals surface area contributed by atoms with E-state index < -0.39 is 5.60 Å². The maximum Gasteiger partial charge on any atom is 0.254 e. The lowest BCUT2D eigenvalue weighted by molar-refractivity contribution is -0.161. The van der Waals surface area contributed by atoms with E-state index in [0.29, 0.717) is 44.6 Å². The summed E-state index contributed by atoms with van der Waals surface area (Å²) in [5.41, 5.74) is 4.10. The number of hydrogen-bond acceptors (Lipinski definition) is 4. The van der Waals surface area contributed by atoms with Gasteiger partial charge in [-0.3, -0.25) is 9.59 Å². The fourth-order valence-corrected chi connectivity index (χ4v) is 4.54. The number of nitrogens with zero attached hydrogens (tertiary/aromatic N) is 2. The first-order chi connectivity index (χ1) is 15.0. The fourth-order valence-electron chi connectivity index (χ4n) is 4.54. The molecular weight excluding hydrogens is 390 g/mol. The van der Waals surface area contributed by atoms with Gasteiger partial charge in [-0.1, -0.05) is 30.3 Å². The van der Waals surface area contributed by atoms with Gasteiger partial charge in [0.05, 0.1) is 0 Å². The Bertz CT molecular complexity index is 1030. The highest BCUT2D eigenvalue weighted by Gasteiger charge is 2.45. The second kappa shape index (κ2) is 7.85. The van der Waals surface area contributed by atoms with Crippen molar-refractivity contribution in [1.29, 1.82) is 0 Å². The van der Waals surface area contributed by atoms with E-state index in [2.05, 4.69) is 23.5 Å². The Balaban J connectivity index is 1.22. The average molecular weight is 418 g/mol. The molecule has 31 heavy (non-hydrogen) atoms. The zero-order chi connectivity index (χ0) is 21.4. The number of carbonyl (C=O) groups is 2. The number of para-hydroxylation sites is 1. The molecule has 0 atom stereocenters. The molecule has 2 aromatic rings. The van der Waals surface area contributed by atoms with Crippen LogP contribution < -0.4 is 5.32 Å². The van der Waals surface area contributed by atoms with Crippen LogP contribution in [-0.2, 0) is 4.79 Å². The van der Waals surface area contributed by atoms with Crippen molar-refractivity contribution in [2.75, 3.05) is 38.0 Å². The molecule has 160 valence electrons. The number of benzene rings is 2. The van der Waals surface area contributed by atoms with Crippen LogP contribution in [0.4, 0.5) is 5.69 Å². The van der Waals surface area contributed by atoms with Crippen molar-refractivity contribution in [3.63, 3.8) is 0 Å². The summed E-state index contributed by atoms with van der Waals surface area (Å²) in [5.74, 6) is -0.187. The zero-order valence-electron chi connectivity index (χ0n) is 17.5. The van der Waals surface area contributed by atoms with E-state index in [-0.39, 0.29) is 11.8 Å². The van der Waals surface area contributed by atoms with Gasteiger partial charge in [0.1, 0.15) is 5.60 Å². The van der Waals surface area contributed by atoms with E-state index in [1.54, 1.807) is 9.80 Å². The third kappa shape index (κ3) is 3.72. The van der Waals surface area contributed by atoms with Crippen LogP contribution in [0.2, 0.25) is 0 Å². The molecule has 0 spiro atoms. The minimum absolute atomic E-state index is 0.0119. The van der Waals surface area contributed by atoms with Gasteiger partial charge in [0, 0.05) is 44.0 Å². The molecule has 6 nitrogen and oxygen atoms in total. The molecule has 2 N–H and O–H groups in total. The quantitative estimate of drug-likeness (QED) is 0.806. The molecule has 0 bridgehead atoms. The Morgan fingerprint density at radius 2 is 1.58 bits per heavy atom. The molecular formula is C25H27N3O3. The molecule has 1 saturated heterocycles. The van der Waals surface area contributed by atoms with Crippen molar-refractivity contribution in [2.45, 2.75) is 24.9 Å². The molecule has 5 rings (SSSR count). The highest BCUT2D eigenvalue weighted by atomic mass is 16.3. The van der Waals surface area contributed by atoms with Crippen molar-refractivity contribution in [3.05, 3.63) is 65.2 Å². The first-order valence-corrected chi connectivity index (χ1v) is 11.0. The average Bonchev–Trinajstić information content (AvgIpc) is 2.81. The molecule has 2 aromatic carbocycles. The molecule has 3 aliphatic rings. The number of fused-ring (bicyclic) bond motifs is 1. The molecule has 2 heterocycles. The molecule has 2 aliphatic heterocycles. The van der Waals surface area contributed by atoms with Gasteiger partial charge in [0.15, 0.2) is 0 Å². The van der Waals surface area contributed by atoms with Gasteiger partial charge in [-0.05, 0) is 60.2 Å². The third-order valence-electron chi connectivity index (χ3n) is 6.70. The maximum absolute atomic E-state index is 12.9. The lowest BCUT2D eigenvalue weighted by atomic mass is 9.79. The molecule has 2 amide bonds. The third-order valence-corrected chi connectivity index (χ3v) is 6.70. The van der Waals surface area contributed by atoms with Crippen molar-refractivity contribution in [3.8, 4) is 0 Å². The molecule has 1 aliphatic carbocycles. The van der Waals surface area contributed by atoms with E-state index in [4.69, 9.17) is 0 Å². The summed E-state index contributed by atoms with van der Waals surface area (Å²) in [6.07, 6.45) is 4.19. The van der Waals surface area contributed by atoms with E-state index in [9.17, 15) is 14.7 Å². The predicted molar refractivity (Wildman–Crippen MR) is 121 cm³/mol. The van der Waals surface area contributed by atoms with Gasteiger partial charge in [-0.25, -0.2) is 0 Å². The fraction of sp³-hybridized carbons (Fsp3) is 0.360. The molecule has 0 unspecified atom stereocenters. The Labute approximate surface area is 182 Å². The standard InChI is InChI=1S/C25H27N3O3/c29-23(27-12-14-28(15-13-27)24(30)25(31)10-3-11-25)19-8-6-18(7-9-19)21-16-20-4-1-2-5-22(20)26-17-21/h1-2,4-9,16,26,31H,3,10-15,17H2. The van der Waals surface area contributed by atoms with E-state index in [1.165, 1.54) is 11.1 Å². The van der Waals surface area contributed by atoms with Crippen LogP contribution in [-0.4, -0.2) is 65.0 Å². The van der Waals surface area contributed by atoms with Gasteiger partial charge in [-0.2, -0.15) is 0 Å². The van der Waals surface area contributed by atoms with Crippen molar-refractivity contribution < 1.29 is 14.7 Å². The molecule has 6 heteroatoms. The number of amides is 2. The molecule has 0 aromatic heterocycles. The summed E-state index contributed by atoms with van der Waals surface area (Å²) in [5, 5.41) is 13.7. The number of hydrogen-bond donors (Lipinski definition) is 2. The zero-order valence-corrected chi connectivity index (χ0v) is 17.5. The SMILES string of the molecule is O=C(c1ccc(C2=Cc3ccccc3NC2)cc1)N1CCN(C(=O)C2(O)CCC2)CC1. The van der Waals surface area contributed by atoms with Crippen molar-refractivity contribution >= 4 is 29.2 Å². The van der Waals surface area contributed by atoms with Crippen LogP contribution in [0.1, 0.15) is 40.7 Å². The summed E-state index contributed by atoms with van der Waals surface area (Å²) in [4.78, 5) is 28.9. The predicted octanol–water partition coefficient (Wildman–Crippen LogP) is 2.85. The van der Waals surface area contributed by atoms with Crippen LogP contribution >= 0.6 is 0 Å². The lowest BCUT2D eigenvalue weighted by Gasteiger charge is -2.42. The first kappa shape index (κ1) is 19.8. The van der Waals surface area contributed by atoms with E-state index in [0.717, 1.165) is 24.2 Å². The summed E-state index contributed by atoms with van der Waals surface area (Å²) in [6, 6.07) is 16.0. The molecule has 0 radical (unpaired) electrons. The Hall–Kier alpha value is -3.12. The van der Waals surface area contributed by atoms with Crippen LogP contribution in [0, 0.1) is 0 Å². The minimum atomic E-state index is -1.16. The van der Waals surface area contributed by atoms with Gasteiger partial charge >= 0.3 is 0 Å². The number of rotatable bonds is 3. The number of anilines is 1. The van der Waals surface area contributed by atoms with Crippen LogP contribution in [0.3, 0.4) is 0 Å². The summed E-state index contributed by atoms with van der Waals surface area (Å²) < 4.78 is 0. The van der Waals surface area contributed by atoms with E-state index in [1.807, 2.05) is 36.4 Å². The molecule has 1 saturated carbocycles. The summed E-state index contributed by atoms with van der Waals surface area (Å²) >= 11 is 0. The summed E-state index contributed by atoms with van der Waals surface area (Å²) in [6.45, 7) is 2.70. The highest BCUT2D eigenvalue weighted by molar-refractivity contribution is 5.96. The highest BCUT2D eigenvalue weighted by Crippen LogP contribution is 2.33. The van der Waals surface area contributed by atoms with Crippen LogP contribution in [0.5, 0.6) is 0 Å². The maximum atomic E-state index is 12.9. The topological polar surface area (TPSA) is 72.9 Å². The first-order valence-electron chi connectivity index (χ1n) is 11.0. The van der Waals surface area contributed by atoms with Crippen LogP contribution in [0.25, 0.3) is 11.6 Å². The summed E-state index contributed by atoms with van der Waals surface area (Å²) in [7, 11) is 0. The Kier molecular flexibility index (Phi) is 5.02. The Morgan fingerprint density at radius 3 is 2.26 bits per heavy atom. The number of nitrogens with one attached hydrogen (secondary N) is 1. The Morgan fingerprint density at radius 1 is 0.903 bits per heavy atom. The monoisotopic (exact) mass is 417 g/mol. The molecule has 2 fully saturated rings. The normalized spacial score (nSPS) is 19.6. The van der Waals surface area contributed by atoms with Crippen molar-refractivity contribution in [2.24, 2.45) is 0 Å². The largest absolute Gasteiger partial charge is 0.380 e. The van der Waals surface area contributed by atoms with E-state index >= 15 is 0 Å². The lowest BCUT2D eigenvalue weighted by Crippen LogP contribution is -2.58. The number of aliphatic hydroxyl groups is 1. The second-order valence-electron chi connectivity index (χ2n) is 8.66. The van der Waals surface area contributed by atoms with Crippen molar-refractivity contribution in [1.82, 2.24) is 9.80 Å². The number of carbonyl (C=O) groups excluding carboxylic acids is 2. The van der Waals surface area contributed by atoms with Gasteiger partial charge in [0.25, 0.3) is 11.8 Å². The smallest absolute Gasteiger partial charge is 0.254 e. The van der Waals surface area contributed by atoms with Gasteiger partial charge in [-0.15, -0.1) is 0 Å². The second-order valence-corrected chi connectivity index (χ2v) is 8.66. The van der Waals surface area contributed by atoms with Gasteiger partial charge < -0.3 is 20.2 Å². The minimum Gasteiger partial charge on any atom is -0.380 e. The van der Waals surface area contributed by atoms with Crippen LogP contribution in [0.15, 0.2) is 48.5 Å².